The zero-order chi connectivity index (χ0) is 13.3. The van der Waals surface area contributed by atoms with E-state index in [1.807, 2.05) is 32.9 Å². The van der Waals surface area contributed by atoms with Crippen molar-refractivity contribution in [1.82, 2.24) is 4.98 Å². The fourth-order valence-electron chi connectivity index (χ4n) is 1.96. The first-order valence-electron chi connectivity index (χ1n) is 5.83. The van der Waals surface area contributed by atoms with Gasteiger partial charge in [-0.3, -0.25) is 0 Å². The number of nitrogens with zero attached hydrogens (tertiary/aromatic N) is 1. The van der Waals surface area contributed by atoms with Crippen LogP contribution < -0.4 is 0 Å². The zero-order valence-corrected chi connectivity index (χ0v) is 11.5. The van der Waals surface area contributed by atoms with E-state index in [1.165, 1.54) is 11.3 Å². The molecule has 0 fully saturated rings. The van der Waals surface area contributed by atoms with Crippen LogP contribution in [0, 0.1) is 13.8 Å². The zero-order valence-electron chi connectivity index (χ0n) is 10.7. The van der Waals surface area contributed by atoms with E-state index in [-0.39, 0.29) is 5.69 Å². The molecular weight excluding hydrogens is 246 g/mol. The fraction of sp³-hybridized carbons (Fsp3) is 0.286. The summed E-state index contributed by atoms with van der Waals surface area (Å²) in [4.78, 5) is 16.2. The number of carboxylic acid groups (broad SMARTS) is 1. The van der Waals surface area contributed by atoms with Crippen molar-refractivity contribution < 1.29 is 9.90 Å². The van der Waals surface area contributed by atoms with Gasteiger partial charge in [0.05, 0.1) is 9.88 Å². The number of aromatic carboxylic acids is 1. The molecule has 2 aromatic rings. The summed E-state index contributed by atoms with van der Waals surface area (Å²) in [5.74, 6) is -0.958. The predicted octanol–water partition coefficient (Wildman–Crippen LogP) is 3.69. The second-order valence-electron chi connectivity index (χ2n) is 4.32. The molecule has 0 spiro atoms. The number of thiazole rings is 1. The van der Waals surface area contributed by atoms with Gasteiger partial charge in [0.15, 0.2) is 5.69 Å². The van der Waals surface area contributed by atoms with Crippen LogP contribution in [-0.4, -0.2) is 16.1 Å². The molecule has 1 aromatic carbocycles. The van der Waals surface area contributed by atoms with Gasteiger partial charge in [0.1, 0.15) is 0 Å². The van der Waals surface area contributed by atoms with Crippen molar-refractivity contribution in [1.29, 1.82) is 0 Å². The topological polar surface area (TPSA) is 50.2 Å². The summed E-state index contributed by atoms with van der Waals surface area (Å²) in [6.07, 6.45) is 0.760. The van der Waals surface area contributed by atoms with Gasteiger partial charge in [-0.25, -0.2) is 9.78 Å². The van der Waals surface area contributed by atoms with Crippen LogP contribution in [0.15, 0.2) is 18.2 Å². The van der Waals surface area contributed by atoms with Crippen molar-refractivity contribution >= 4 is 17.3 Å². The second kappa shape index (κ2) is 4.90. The van der Waals surface area contributed by atoms with E-state index in [0.29, 0.717) is 0 Å². The molecule has 0 aliphatic heterocycles. The molecule has 94 valence electrons. The Balaban J connectivity index is 2.61. The highest BCUT2D eigenvalue weighted by molar-refractivity contribution is 7.15. The van der Waals surface area contributed by atoms with Crippen molar-refractivity contribution in [3.8, 4) is 10.4 Å². The van der Waals surface area contributed by atoms with E-state index in [4.69, 9.17) is 0 Å². The van der Waals surface area contributed by atoms with E-state index in [9.17, 15) is 9.90 Å². The summed E-state index contributed by atoms with van der Waals surface area (Å²) < 4.78 is 0. The maximum absolute atomic E-state index is 11.2. The molecule has 0 aliphatic carbocycles. The van der Waals surface area contributed by atoms with E-state index in [2.05, 4.69) is 11.1 Å². The summed E-state index contributed by atoms with van der Waals surface area (Å²) in [7, 11) is 0. The molecule has 0 amide bonds. The SMILES string of the molecule is CCc1nc(C(=O)O)c(-c2cc(C)cc(C)c2)s1. The smallest absolute Gasteiger partial charge is 0.356 e. The molecule has 1 aromatic heterocycles. The number of carboxylic acids is 1. The summed E-state index contributed by atoms with van der Waals surface area (Å²) in [6, 6.07) is 6.09. The molecule has 3 nitrogen and oxygen atoms in total. The number of benzene rings is 1. The Morgan fingerprint density at radius 3 is 2.39 bits per heavy atom. The van der Waals surface area contributed by atoms with Gasteiger partial charge in [-0.15, -0.1) is 11.3 Å². The van der Waals surface area contributed by atoms with E-state index in [1.54, 1.807) is 0 Å². The van der Waals surface area contributed by atoms with Gasteiger partial charge in [0, 0.05) is 0 Å². The van der Waals surface area contributed by atoms with Crippen molar-refractivity contribution in [2.45, 2.75) is 27.2 Å². The molecule has 0 saturated carbocycles. The van der Waals surface area contributed by atoms with Crippen molar-refractivity contribution in [2.24, 2.45) is 0 Å². The first-order chi connectivity index (χ1) is 8.51. The van der Waals surface area contributed by atoms with Crippen molar-refractivity contribution in [2.75, 3.05) is 0 Å². The number of aromatic nitrogens is 1. The molecule has 0 aliphatic rings. The van der Waals surface area contributed by atoms with Gasteiger partial charge in [-0.2, -0.15) is 0 Å². The molecule has 0 unspecified atom stereocenters. The minimum Gasteiger partial charge on any atom is -0.476 e. The molecule has 0 bridgehead atoms. The van der Waals surface area contributed by atoms with Crippen LogP contribution in [0.2, 0.25) is 0 Å². The van der Waals surface area contributed by atoms with Crippen LogP contribution in [0.4, 0.5) is 0 Å². The summed E-state index contributed by atoms with van der Waals surface area (Å²) in [5.41, 5.74) is 3.38. The van der Waals surface area contributed by atoms with Crippen LogP contribution in [0.25, 0.3) is 10.4 Å². The Morgan fingerprint density at radius 1 is 1.28 bits per heavy atom. The number of carbonyl (C=O) groups is 1. The normalized spacial score (nSPS) is 10.6. The summed E-state index contributed by atoms with van der Waals surface area (Å²) in [5, 5.41) is 10.1. The molecule has 0 atom stereocenters. The van der Waals surface area contributed by atoms with Crippen LogP contribution in [0.1, 0.15) is 33.5 Å². The third-order valence-corrected chi connectivity index (χ3v) is 3.91. The molecule has 18 heavy (non-hydrogen) atoms. The standard InChI is InChI=1S/C14H15NO2S/c1-4-11-15-12(14(16)17)13(18-11)10-6-8(2)5-9(3)7-10/h5-7H,4H2,1-3H3,(H,16,17). The van der Waals surface area contributed by atoms with Crippen molar-refractivity contribution in [3.05, 3.63) is 40.0 Å². The number of rotatable bonds is 3. The largest absolute Gasteiger partial charge is 0.476 e. The van der Waals surface area contributed by atoms with Crippen LogP contribution in [0.5, 0.6) is 0 Å². The Hall–Kier alpha value is -1.68. The lowest BCUT2D eigenvalue weighted by molar-refractivity contribution is 0.0692. The molecule has 0 radical (unpaired) electrons. The molecule has 1 N–H and O–H groups in total. The summed E-state index contributed by atoms with van der Waals surface area (Å²) in [6.45, 7) is 6.01. The highest BCUT2D eigenvalue weighted by Gasteiger charge is 2.18. The minimum atomic E-state index is -0.958. The molecular formula is C14H15NO2S. The molecule has 2 rings (SSSR count). The third-order valence-electron chi connectivity index (χ3n) is 2.66. The molecule has 0 saturated heterocycles. The molecule has 1 heterocycles. The monoisotopic (exact) mass is 261 g/mol. The van der Waals surface area contributed by atoms with E-state index in [0.717, 1.165) is 33.0 Å². The second-order valence-corrected chi connectivity index (χ2v) is 5.40. The third kappa shape index (κ3) is 2.43. The van der Waals surface area contributed by atoms with Gasteiger partial charge < -0.3 is 5.11 Å². The number of hydrogen-bond acceptors (Lipinski definition) is 3. The highest BCUT2D eigenvalue weighted by Crippen LogP contribution is 2.32. The summed E-state index contributed by atoms with van der Waals surface area (Å²) >= 11 is 1.47. The van der Waals surface area contributed by atoms with Gasteiger partial charge in [0.2, 0.25) is 0 Å². The maximum Gasteiger partial charge on any atom is 0.356 e. The van der Waals surface area contributed by atoms with Gasteiger partial charge in [-0.1, -0.05) is 36.2 Å². The predicted molar refractivity (Wildman–Crippen MR) is 73.4 cm³/mol. The quantitative estimate of drug-likeness (QED) is 0.916. The number of aryl methyl sites for hydroxylation is 3. The van der Waals surface area contributed by atoms with Gasteiger partial charge in [-0.05, 0) is 25.8 Å². The van der Waals surface area contributed by atoms with Gasteiger partial charge >= 0.3 is 5.97 Å². The average molecular weight is 261 g/mol. The molecule has 4 heteroatoms. The van der Waals surface area contributed by atoms with E-state index < -0.39 is 5.97 Å². The van der Waals surface area contributed by atoms with E-state index >= 15 is 0 Å². The van der Waals surface area contributed by atoms with Gasteiger partial charge in [0.25, 0.3) is 0 Å². The Kier molecular flexibility index (Phi) is 3.48. The number of hydrogen-bond donors (Lipinski definition) is 1. The van der Waals surface area contributed by atoms with Crippen LogP contribution >= 0.6 is 11.3 Å². The maximum atomic E-state index is 11.2. The fourth-order valence-corrected chi connectivity index (χ4v) is 2.94. The first-order valence-corrected chi connectivity index (χ1v) is 6.64. The Bertz CT molecular complexity index is 582. The average Bonchev–Trinajstić information content (AvgIpc) is 2.71. The van der Waals surface area contributed by atoms with Crippen LogP contribution in [-0.2, 0) is 6.42 Å². The highest BCUT2D eigenvalue weighted by atomic mass is 32.1. The minimum absolute atomic E-state index is 0.168. The van der Waals surface area contributed by atoms with Crippen molar-refractivity contribution in [3.63, 3.8) is 0 Å². The van der Waals surface area contributed by atoms with Crippen LogP contribution in [0.3, 0.4) is 0 Å². The lowest BCUT2D eigenvalue weighted by atomic mass is 10.1. The lowest BCUT2D eigenvalue weighted by Gasteiger charge is -2.03. The Labute approximate surface area is 110 Å². The lowest BCUT2D eigenvalue weighted by Crippen LogP contribution is -1.99. The Morgan fingerprint density at radius 2 is 1.89 bits per heavy atom. The first kappa shape index (κ1) is 12.8.